The van der Waals surface area contributed by atoms with Crippen molar-refractivity contribution in [3.63, 3.8) is 0 Å². The third-order valence-electron chi connectivity index (χ3n) is 3.83. The van der Waals surface area contributed by atoms with Gasteiger partial charge >= 0.3 is 0 Å². The van der Waals surface area contributed by atoms with E-state index in [1.54, 1.807) is 13.1 Å². The van der Waals surface area contributed by atoms with Crippen molar-refractivity contribution in [3.8, 4) is 0 Å². The number of hydrogen-bond donors (Lipinski definition) is 2. The molecule has 6 nitrogen and oxygen atoms in total. The topological polar surface area (TPSA) is 69.9 Å². The molecule has 142 valence electrons. The van der Waals surface area contributed by atoms with Crippen LogP contribution in [0.15, 0.2) is 52.1 Å². The fourth-order valence-corrected chi connectivity index (χ4v) is 2.49. The molecule has 7 heteroatoms. The van der Waals surface area contributed by atoms with Gasteiger partial charge in [-0.2, -0.15) is 0 Å². The fraction of sp³-hybridized carbons (Fsp3) is 0.368. The number of halogens is 1. The van der Waals surface area contributed by atoms with Gasteiger partial charge < -0.3 is 20.0 Å². The lowest BCUT2D eigenvalue weighted by atomic mass is 10.2. The van der Waals surface area contributed by atoms with Crippen LogP contribution in [0.1, 0.15) is 28.1 Å². The minimum Gasteiger partial charge on any atom is -0.459 e. The maximum atomic E-state index is 11.9. The SMILES string of the molecule is CN=C(NCCCNC(=O)c1occc1C)N(C)Cc1ccccc1.I. The first-order chi connectivity index (χ1) is 12.1. The second-order valence-electron chi connectivity index (χ2n) is 5.86. The van der Waals surface area contributed by atoms with Crippen LogP contribution in [-0.4, -0.2) is 44.0 Å². The lowest BCUT2D eigenvalue weighted by Crippen LogP contribution is -2.39. The molecule has 0 radical (unpaired) electrons. The minimum atomic E-state index is -0.173. The molecule has 0 bridgehead atoms. The molecule has 2 rings (SSSR count). The summed E-state index contributed by atoms with van der Waals surface area (Å²) in [6.07, 6.45) is 2.32. The molecule has 0 aliphatic carbocycles. The molecule has 0 aliphatic heterocycles. The van der Waals surface area contributed by atoms with E-state index < -0.39 is 0 Å². The predicted molar refractivity (Wildman–Crippen MR) is 115 cm³/mol. The van der Waals surface area contributed by atoms with Crippen molar-refractivity contribution in [3.05, 3.63) is 59.5 Å². The van der Waals surface area contributed by atoms with Crippen molar-refractivity contribution in [1.29, 1.82) is 0 Å². The van der Waals surface area contributed by atoms with Crippen molar-refractivity contribution in [1.82, 2.24) is 15.5 Å². The van der Waals surface area contributed by atoms with E-state index in [1.807, 2.05) is 32.2 Å². The van der Waals surface area contributed by atoms with E-state index in [-0.39, 0.29) is 29.9 Å². The average Bonchev–Trinajstić information content (AvgIpc) is 3.04. The Hall–Kier alpha value is -2.03. The maximum Gasteiger partial charge on any atom is 0.287 e. The summed E-state index contributed by atoms with van der Waals surface area (Å²) in [6.45, 7) is 3.94. The van der Waals surface area contributed by atoms with Gasteiger partial charge in [0.05, 0.1) is 6.26 Å². The van der Waals surface area contributed by atoms with E-state index >= 15 is 0 Å². The standard InChI is InChI=1S/C19H26N4O2.HI/c1-15-10-13-25-17(15)18(24)21-11-7-12-22-19(20-2)23(3)14-16-8-5-4-6-9-16;/h4-6,8-10,13H,7,11-12,14H2,1-3H3,(H,20,22)(H,21,24);1H. The summed E-state index contributed by atoms with van der Waals surface area (Å²) >= 11 is 0. The van der Waals surface area contributed by atoms with E-state index in [1.165, 1.54) is 11.8 Å². The number of nitrogens with zero attached hydrogens (tertiary/aromatic N) is 2. The Balaban J connectivity index is 0.00000338. The first-order valence-electron chi connectivity index (χ1n) is 8.40. The highest BCUT2D eigenvalue weighted by atomic mass is 127. The molecule has 0 saturated heterocycles. The lowest BCUT2D eigenvalue weighted by molar-refractivity contribution is 0.0925. The van der Waals surface area contributed by atoms with Crippen molar-refractivity contribution < 1.29 is 9.21 Å². The smallest absolute Gasteiger partial charge is 0.287 e. The van der Waals surface area contributed by atoms with Gasteiger partial charge in [-0.3, -0.25) is 9.79 Å². The van der Waals surface area contributed by atoms with E-state index in [0.29, 0.717) is 12.3 Å². The summed E-state index contributed by atoms with van der Waals surface area (Å²) in [5, 5.41) is 6.17. The average molecular weight is 470 g/mol. The van der Waals surface area contributed by atoms with Crippen molar-refractivity contribution in [2.75, 3.05) is 27.2 Å². The van der Waals surface area contributed by atoms with E-state index in [4.69, 9.17) is 4.42 Å². The van der Waals surface area contributed by atoms with Crippen LogP contribution in [0, 0.1) is 6.92 Å². The molecule has 26 heavy (non-hydrogen) atoms. The summed E-state index contributed by atoms with van der Waals surface area (Å²) in [5.74, 6) is 1.04. The Bertz CT molecular complexity index is 701. The highest BCUT2D eigenvalue weighted by molar-refractivity contribution is 14.0. The van der Waals surface area contributed by atoms with Gasteiger partial charge in [0, 0.05) is 39.3 Å². The van der Waals surface area contributed by atoms with Crippen molar-refractivity contribution >= 4 is 35.8 Å². The van der Waals surface area contributed by atoms with Gasteiger partial charge in [0.25, 0.3) is 5.91 Å². The normalized spacial score (nSPS) is 10.8. The molecular formula is C19H27IN4O2. The Morgan fingerprint density at radius 3 is 2.46 bits per heavy atom. The molecule has 0 atom stereocenters. The highest BCUT2D eigenvalue weighted by Gasteiger charge is 2.11. The highest BCUT2D eigenvalue weighted by Crippen LogP contribution is 2.08. The zero-order chi connectivity index (χ0) is 18.1. The fourth-order valence-electron chi connectivity index (χ4n) is 2.49. The molecule has 0 fully saturated rings. The molecule has 0 unspecified atom stereocenters. The molecule has 2 aromatic rings. The van der Waals surface area contributed by atoms with Crippen molar-refractivity contribution in [2.45, 2.75) is 19.9 Å². The Kier molecular flexibility index (Phi) is 9.79. The molecule has 1 amide bonds. The van der Waals surface area contributed by atoms with Crippen LogP contribution in [0.5, 0.6) is 0 Å². The Morgan fingerprint density at radius 1 is 1.15 bits per heavy atom. The molecule has 1 heterocycles. The molecule has 0 aliphatic rings. The van der Waals surface area contributed by atoms with Gasteiger partial charge in [-0.1, -0.05) is 30.3 Å². The summed E-state index contributed by atoms with van der Waals surface area (Å²) in [6, 6.07) is 12.0. The lowest BCUT2D eigenvalue weighted by Gasteiger charge is -2.22. The number of carbonyl (C=O) groups excluding carboxylic acids is 1. The number of rotatable bonds is 7. The van der Waals surface area contributed by atoms with Crippen LogP contribution in [0.25, 0.3) is 0 Å². The van der Waals surface area contributed by atoms with Crippen LogP contribution in [0.4, 0.5) is 0 Å². The van der Waals surface area contributed by atoms with Gasteiger partial charge in [-0.15, -0.1) is 24.0 Å². The van der Waals surface area contributed by atoms with Gasteiger partial charge in [0.15, 0.2) is 11.7 Å². The zero-order valence-electron chi connectivity index (χ0n) is 15.5. The zero-order valence-corrected chi connectivity index (χ0v) is 17.8. The number of furan rings is 1. The van der Waals surface area contributed by atoms with Crippen LogP contribution in [0.3, 0.4) is 0 Å². The summed E-state index contributed by atoms with van der Waals surface area (Å²) in [7, 11) is 3.77. The Labute approximate surface area is 172 Å². The number of aliphatic imine (C=N–C) groups is 1. The summed E-state index contributed by atoms with van der Waals surface area (Å²) < 4.78 is 5.17. The molecule has 1 aromatic heterocycles. The van der Waals surface area contributed by atoms with Crippen LogP contribution < -0.4 is 10.6 Å². The maximum absolute atomic E-state index is 11.9. The number of aryl methyl sites for hydroxylation is 1. The molecule has 0 saturated carbocycles. The van der Waals surface area contributed by atoms with Gasteiger partial charge in [0.1, 0.15) is 0 Å². The molecule has 2 N–H and O–H groups in total. The predicted octanol–water partition coefficient (Wildman–Crippen LogP) is 3.03. The van der Waals surface area contributed by atoms with Crippen LogP contribution in [0.2, 0.25) is 0 Å². The van der Waals surface area contributed by atoms with Crippen LogP contribution >= 0.6 is 24.0 Å². The summed E-state index contributed by atoms with van der Waals surface area (Å²) in [5.41, 5.74) is 2.08. The third kappa shape index (κ3) is 6.70. The molecular weight excluding hydrogens is 443 g/mol. The molecule has 1 aromatic carbocycles. The van der Waals surface area contributed by atoms with Crippen molar-refractivity contribution in [2.24, 2.45) is 4.99 Å². The third-order valence-corrected chi connectivity index (χ3v) is 3.83. The van der Waals surface area contributed by atoms with E-state index in [0.717, 1.165) is 31.0 Å². The number of benzene rings is 1. The van der Waals surface area contributed by atoms with Gasteiger partial charge in [0.2, 0.25) is 0 Å². The van der Waals surface area contributed by atoms with Crippen LogP contribution in [-0.2, 0) is 6.54 Å². The first kappa shape index (κ1) is 22.0. The summed E-state index contributed by atoms with van der Waals surface area (Å²) in [4.78, 5) is 18.3. The second-order valence-corrected chi connectivity index (χ2v) is 5.86. The second kappa shape index (κ2) is 11.6. The van der Waals surface area contributed by atoms with Gasteiger partial charge in [-0.25, -0.2) is 0 Å². The monoisotopic (exact) mass is 470 g/mol. The number of nitrogens with one attached hydrogen (secondary N) is 2. The number of carbonyl (C=O) groups is 1. The minimum absolute atomic E-state index is 0. The van der Waals surface area contributed by atoms with Gasteiger partial charge in [-0.05, 0) is 25.0 Å². The molecule has 0 spiro atoms. The quantitative estimate of drug-likeness (QED) is 0.283. The largest absolute Gasteiger partial charge is 0.459 e. The van der Waals surface area contributed by atoms with E-state index in [2.05, 4.69) is 32.7 Å². The van der Waals surface area contributed by atoms with E-state index in [9.17, 15) is 4.79 Å². The first-order valence-corrected chi connectivity index (χ1v) is 8.40. The Morgan fingerprint density at radius 2 is 1.85 bits per heavy atom. The number of amides is 1. The number of guanidine groups is 1. The number of hydrogen-bond acceptors (Lipinski definition) is 3.